The lowest BCUT2D eigenvalue weighted by molar-refractivity contribution is -0.159. The molecule has 0 spiro atoms. The third kappa shape index (κ3) is 6.03. The number of carbonyl (C=O) groups excluding carboxylic acids is 2. The average Bonchev–Trinajstić information content (AvgIpc) is 3.36. The summed E-state index contributed by atoms with van der Waals surface area (Å²) in [6.45, 7) is 3.81. The van der Waals surface area contributed by atoms with E-state index in [1.54, 1.807) is 12.1 Å². The Morgan fingerprint density at radius 3 is 2.21 bits per heavy atom. The van der Waals surface area contributed by atoms with Crippen molar-refractivity contribution in [2.75, 3.05) is 5.73 Å². The van der Waals surface area contributed by atoms with Gasteiger partial charge in [-0.25, -0.2) is 8.78 Å². The maximum absolute atomic E-state index is 14.2. The van der Waals surface area contributed by atoms with Crippen molar-refractivity contribution in [3.8, 4) is 5.69 Å². The highest BCUT2D eigenvalue weighted by molar-refractivity contribution is 6.11. The standard InChI is InChI=1S/C34H32F2N2O4/c1-34(2,33(41)42-26-18-22-7-3-4-8-23(22)19-26)17-5-6-21-9-12-25(13-10-21)38-30(39)16-15-28(32(38)37)31(40)27-14-11-24(35)20-29(27)36/h3-4,7-16,20,26H,5-6,17-19,37H2,1-2H3. The summed E-state index contributed by atoms with van der Waals surface area (Å²) in [5.41, 5.74) is 8.63. The lowest BCUT2D eigenvalue weighted by atomic mass is 9.86. The molecule has 0 atom stereocenters. The van der Waals surface area contributed by atoms with E-state index in [4.69, 9.17) is 10.5 Å². The Morgan fingerprint density at radius 2 is 1.57 bits per heavy atom. The minimum absolute atomic E-state index is 0.0696. The van der Waals surface area contributed by atoms with E-state index < -0.39 is 28.4 Å². The summed E-state index contributed by atoms with van der Waals surface area (Å²) < 4.78 is 34.6. The maximum atomic E-state index is 14.2. The third-order valence-corrected chi connectivity index (χ3v) is 7.85. The molecule has 216 valence electrons. The number of aromatic nitrogens is 1. The van der Waals surface area contributed by atoms with Crippen molar-refractivity contribution < 1.29 is 23.1 Å². The molecule has 0 saturated carbocycles. The second-order valence-corrected chi connectivity index (χ2v) is 11.4. The molecule has 0 fully saturated rings. The van der Waals surface area contributed by atoms with Crippen molar-refractivity contribution in [3.05, 3.63) is 129 Å². The van der Waals surface area contributed by atoms with Gasteiger partial charge in [-0.2, -0.15) is 0 Å². The summed E-state index contributed by atoms with van der Waals surface area (Å²) in [7, 11) is 0. The molecule has 2 N–H and O–H groups in total. The van der Waals surface area contributed by atoms with Gasteiger partial charge in [-0.3, -0.25) is 19.0 Å². The highest BCUT2D eigenvalue weighted by Crippen LogP contribution is 2.30. The minimum atomic E-state index is -1.01. The number of nitrogens with two attached hydrogens (primary N) is 1. The molecule has 0 bridgehead atoms. The van der Waals surface area contributed by atoms with Crippen molar-refractivity contribution in [2.24, 2.45) is 5.41 Å². The van der Waals surface area contributed by atoms with Crippen LogP contribution in [0.3, 0.4) is 0 Å². The van der Waals surface area contributed by atoms with Crippen LogP contribution in [0.2, 0.25) is 0 Å². The number of halogens is 2. The Hall–Kier alpha value is -4.59. The van der Waals surface area contributed by atoms with Gasteiger partial charge in [0, 0.05) is 25.0 Å². The van der Waals surface area contributed by atoms with Gasteiger partial charge in [-0.1, -0.05) is 36.4 Å². The van der Waals surface area contributed by atoms with Crippen LogP contribution in [0.25, 0.3) is 5.69 Å². The summed E-state index contributed by atoms with van der Waals surface area (Å²) >= 11 is 0. The topological polar surface area (TPSA) is 91.4 Å². The van der Waals surface area contributed by atoms with Crippen molar-refractivity contribution >= 4 is 17.6 Å². The zero-order chi connectivity index (χ0) is 30.0. The normalized spacial score (nSPS) is 13.1. The van der Waals surface area contributed by atoms with Crippen LogP contribution in [-0.2, 0) is 28.8 Å². The number of esters is 1. The number of nitrogen functional groups attached to an aromatic ring is 1. The van der Waals surface area contributed by atoms with Crippen LogP contribution >= 0.6 is 0 Å². The van der Waals surface area contributed by atoms with E-state index in [1.807, 2.05) is 38.1 Å². The Labute approximate surface area is 242 Å². The average molecular weight is 571 g/mol. The fourth-order valence-corrected chi connectivity index (χ4v) is 5.39. The maximum Gasteiger partial charge on any atom is 0.311 e. The highest BCUT2D eigenvalue weighted by Gasteiger charge is 2.33. The molecular formula is C34H32F2N2O4. The summed E-state index contributed by atoms with van der Waals surface area (Å²) in [4.78, 5) is 38.6. The van der Waals surface area contributed by atoms with Crippen LogP contribution in [-0.4, -0.2) is 22.4 Å². The third-order valence-electron chi connectivity index (χ3n) is 7.85. The number of hydrogen-bond acceptors (Lipinski definition) is 5. The van der Waals surface area contributed by atoms with Gasteiger partial charge < -0.3 is 10.5 Å². The second-order valence-electron chi connectivity index (χ2n) is 11.4. The molecule has 1 aromatic heterocycles. The molecular weight excluding hydrogens is 538 g/mol. The van der Waals surface area contributed by atoms with E-state index in [2.05, 4.69) is 12.1 Å². The highest BCUT2D eigenvalue weighted by atomic mass is 19.1. The quantitative estimate of drug-likeness (QED) is 0.197. The summed E-state index contributed by atoms with van der Waals surface area (Å²) in [5, 5.41) is 0. The van der Waals surface area contributed by atoms with Crippen molar-refractivity contribution in [1.82, 2.24) is 4.57 Å². The van der Waals surface area contributed by atoms with E-state index in [9.17, 15) is 23.2 Å². The number of ketones is 1. The molecule has 1 aliphatic rings. The Bertz CT molecular complexity index is 1680. The zero-order valence-corrected chi connectivity index (χ0v) is 23.5. The fraction of sp³-hybridized carbons (Fsp3) is 0.265. The molecule has 0 radical (unpaired) electrons. The van der Waals surface area contributed by atoms with Gasteiger partial charge in [0.05, 0.1) is 22.2 Å². The van der Waals surface area contributed by atoms with Gasteiger partial charge in [0.25, 0.3) is 5.56 Å². The molecule has 4 aromatic rings. The Kier molecular flexibility index (Phi) is 8.07. The number of benzene rings is 3. The number of pyridine rings is 1. The van der Waals surface area contributed by atoms with Crippen LogP contribution in [0.5, 0.6) is 0 Å². The molecule has 6 nitrogen and oxygen atoms in total. The number of carbonyl (C=O) groups is 2. The largest absolute Gasteiger partial charge is 0.461 e. The van der Waals surface area contributed by atoms with Gasteiger partial charge in [-0.05, 0) is 80.1 Å². The molecule has 0 aliphatic heterocycles. The predicted molar refractivity (Wildman–Crippen MR) is 157 cm³/mol. The summed E-state index contributed by atoms with van der Waals surface area (Å²) in [6.07, 6.45) is 3.47. The SMILES string of the molecule is CC(C)(CCCc1ccc(-n2c(N)c(C(=O)c3ccc(F)cc3F)ccc2=O)cc1)C(=O)OC1Cc2ccccc2C1. The number of nitrogens with zero attached hydrogens (tertiary/aromatic N) is 1. The Balaban J connectivity index is 1.22. The molecule has 0 unspecified atom stereocenters. The van der Waals surface area contributed by atoms with Crippen molar-refractivity contribution in [2.45, 2.75) is 52.1 Å². The van der Waals surface area contributed by atoms with Gasteiger partial charge in [0.2, 0.25) is 0 Å². The van der Waals surface area contributed by atoms with Gasteiger partial charge in [-0.15, -0.1) is 0 Å². The number of fused-ring (bicyclic) bond motifs is 1. The van der Waals surface area contributed by atoms with Crippen LogP contribution < -0.4 is 11.3 Å². The van der Waals surface area contributed by atoms with Crippen molar-refractivity contribution in [3.63, 3.8) is 0 Å². The first kappa shape index (κ1) is 28.9. The Morgan fingerprint density at radius 1 is 0.929 bits per heavy atom. The van der Waals surface area contributed by atoms with Crippen LogP contribution in [0.4, 0.5) is 14.6 Å². The van der Waals surface area contributed by atoms with Gasteiger partial charge in [0.15, 0.2) is 5.78 Å². The molecule has 0 saturated heterocycles. The van der Waals surface area contributed by atoms with Crippen LogP contribution in [0.15, 0.2) is 83.7 Å². The molecule has 8 heteroatoms. The number of hydrogen-bond donors (Lipinski definition) is 1. The van der Waals surface area contributed by atoms with Crippen molar-refractivity contribution in [1.29, 1.82) is 0 Å². The lowest BCUT2D eigenvalue weighted by Gasteiger charge is -2.25. The zero-order valence-electron chi connectivity index (χ0n) is 23.5. The summed E-state index contributed by atoms with van der Waals surface area (Å²) in [6, 6.07) is 20.4. The minimum Gasteiger partial charge on any atom is -0.461 e. The van der Waals surface area contributed by atoms with E-state index in [-0.39, 0.29) is 29.0 Å². The number of rotatable bonds is 9. The van der Waals surface area contributed by atoms with E-state index >= 15 is 0 Å². The molecule has 42 heavy (non-hydrogen) atoms. The lowest BCUT2D eigenvalue weighted by Crippen LogP contribution is -2.31. The monoisotopic (exact) mass is 570 g/mol. The predicted octanol–water partition coefficient (Wildman–Crippen LogP) is 5.99. The summed E-state index contributed by atoms with van der Waals surface area (Å²) in [5.74, 6) is -2.91. The molecule has 5 rings (SSSR count). The number of ether oxygens (including phenoxy) is 1. The molecule has 3 aromatic carbocycles. The number of anilines is 1. The van der Waals surface area contributed by atoms with E-state index in [0.717, 1.165) is 37.0 Å². The molecule has 1 aliphatic carbocycles. The van der Waals surface area contributed by atoms with Gasteiger partial charge >= 0.3 is 5.97 Å². The fourth-order valence-electron chi connectivity index (χ4n) is 5.39. The number of aryl methyl sites for hydroxylation is 1. The second kappa shape index (κ2) is 11.7. The smallest absolute Gasteiger partial charge is 0.311 e. The first-order chi connectivity index (χ1) is 20.0. The molecule has 0 amide bonds. The molecule has 1 heterocycles. The van der Waals surface area contributed by atoms with Gasteiger partial charge in [0.1, 0.15) is 23.6 Å². The van der Waals surface area contributed by atoms with E-state index in [1.165, 1.54) is 27.8 Å². The first-order valence-corrected chi connectivity index (χ1v) is 13.9. The van der Waals surface area contributed by atoms with Crippen LogP contribution in [0, 0.1) is 17.0 Å². The first-order valence-electron chi connectivity index (χ1n) is 13.9. The van der Waals surface area contributed by atoms with Crippen LogP contribution in [0.1, 0.15) is 59.3 Å². The van der Waals surface area contributed by atoms with E-state index in [0.29, 0.717) is 24.6 Å².